The summed E-state index contributed by atoms with van der Waals surface area (Å²) in [6.45, 7) is 0. The van der Waals surface area contributed by atoms with Gasteiger partial charge in [0.25, 0.3) is 0 Å². The van der Waals surface area contributed by atoms with Crippen LogP contribution in [0.5, 0.6) is 0 Å². The average molecular weight is 834 g/mol. The van der Waals surface area contributed by atoms with Crippen LogP contribution in [-0.4, -0.2) is 15.0 Å². The molecule has 0 atom stereocenters. The van der Waals surface area contributed by atoms with Gasteiger partial charge in [-0.15, -0.1) is 11.3 Å². The molecule has 0 fully saturated rings. The first-order valence-corrected chi connectivity index (χ1v) is 22.3. The molecule has 0 radical (unpaired) electrons. The van der Waals surface area contributed by atoms with E-state index in [-0.39, 0.29) is 0 Å². The normalized spacial score (nSPS) is 11.8. The maximum atomic E-state index is 6.66. The van der Waals surface area contributed by atoms with E-state index in [0.717, 1.165) is 76.4 Å². The molecule has 0 saturated heterocycles. The number of hydrogen-bond donors (Lipinski definition) is 0. The molecule has 10 aromatic carbocycles. The Morgan fingerprint density at radius 1 is 0.328 bits per heavy atom. The maximum Gasteiger partial charge on any atom is 0.165 e. The molecular formula is C59H35N3OS. The standard InChI is InChI=1S/C59H35N3OS/c1-2-12-36(13-3-1)41-18-10-19-44(32-41)46-30-31-51-55(50-34-42-16-6-7-17-43(42)35-52(50)63-51)54(46)38-25-27-39(28-26-38)57-60-58(45-29-24-37-14-4-5-15-40(37)33-45)62-59(61-57)49-22-11-21-48-47-20-8-9-23-53(47)64-56(48)49/h1-35H. The highest BCUT2D eigenvalue weighted by Crippen LogP contribution is 2.45. The minimum atomic E-state index is 0.618. The van der Waals surface area contributed by atoms with Crippen molar-refractivity contribution in [1.29, 1.82) is 0 Å². The molecule has 0 N–H and O–H groups in total. The van der Waals surface area contributed by atoms with Crippen molar-refractivity contribution in [3.63, 3.8) is 0 Å². The molecule has 0 aliphatic carbocycles. The van der Waals surface area contributed by atoms with Crippen molar-refractivity contribution < 1.29 is 4.42 Å². The van der Waals surface area contributed by atoms with Crippen molar-refractivity contribution in [3.8, 4) is 67.5 Å². The van der Waals surface area contributed by atoms with Gasteiger partial charge in [-0.25, -0.2) is 15.0 Å². The summed E-state index contributed by atoms with van der Waals surface area (Å²) in [5, 5.41) is 9.26. The van der Waals surface area contributed by atoms with Crippen LogP contribution < -0.4 is 0 Å². The molecule has 0 unspecified atom stereocenters. The third-order valence-electron chi connectivity index (χ3n) is 12.5. The van der Waals surface area contributed by atoms with Crippen molar-refractivity contribution in [2.45, 2.75) is 0 Å². The van der Waals surface area contributed by atoms with Crippen LogP contribution in [-0.2, 0) is 0 Å². The van der Waals surface area contributed by atoms with E-state index in [1.165, 1.54) is 37.4 Å². The highest BCUT2D eigenvalue weighted by Gasteiger charge is 2.21. The molecule has 13 rings (SSSR count). The number of rotatable bonds is 6. The van der Waals surface area contributed by atoms with Crippen LogP contribution in [0, 0.1) is 0 Å². The predicted molar refractivity (Wildman–Crippen MR) is 268 cm³/mol. The lowest BCUT2D eigenvalue weighted by atomic mass is 9.89. The van der Waals surface area contributed by atoms with E-state index in [0.29, 0.717) is 17.5 Å². The second-order valence-electron chi connectivity index (χ2n) is 16.3. The zero-order valence-electron chi connectivity index (χ0n) is 34.4. The van der Waals surface area contributed by atoms with Crippen molar-refractivity contribution in [1.82, 2.24) is 15.0 Å². The van der Waals surface area contributed by atoms with Crippen molar-refractivity contribution in [2.24, 2.45) is 0 Å². The summed E-state index contributed by atoms with van der Waals surface area (Å²) in [6.07, 6.45) is 0. The topological polar surface area (TPSA) is 51.8 Å². The molecular weight excluding hydrogens is 799 g/mol. The molecule has 5 heteroatoms. The van der Waals surface area contributed by atoms with Gasteiger partial charge in [-0.3, -0.25) is 0 Å². The van der Waals surface area contributed by atoms with Crippen molar-refractivity contribution in [2.75, 3.05) is 0 Å². The average Bonchev–Trinajstić information content (AvgIpc) is 3.93. The van der Waals surface area contributed by atoms with Crippen LogP contribution in [0.4, 0.5) is 0 Å². The Kier molecular flexibility index (Phi) is 8.36. The van der Waals surface area contributed by atoms with E-state index in [4.69, 9.17) is 19.4 Å². The maximum absolute atomic E-state index is 6.66. The highest BCUT2D eigenvalue weighted by atomic mass is 32.1. The Balaban J connectivity index is 1.01. The number of fused-ring (bicyclic) bond motifs is 8. The van der Waals surface area contributed by atoms with Gasteiger partial charge >= 0.3 is 0 Å². The Morgan fingerprint density at radius 3 is 1.80 bits per heavy atom. The molecule has 3 aromatic heterocycles. The molecule has 13 aromatic rings. The van der Waals surface area contributed by atoms with Crippen LogP contribution in [0.25, 0.3) is 131 Å². The van der Waals surface area contributed by atoms with Gasteiger partial charge in [-0.2, -0.15) is 0 Å². The molecule has 0 aliphatic heterocycles. The molecule has 0 spiro atoms. The summed E-state index contributed by atoms with van der Waals surface area (Å²) in [7, 11) is 0. The molecule has 64 heavy (non-hydrogen) atoms. The molecule has 4 nitrogen and oxygen atoms in total. The lowest BCUT2D eigenvalue weighted by Gasteiger charge is -2.14. The minimum absolute atomic E-state index is 0.618. The quantitative estimate of drug-likeness (QED) is 0.167. The Morgan fingerprint density at radius 2 is 0.953 bits per heavy atom. The van der Waals surface area contributed by atoms with Crippen molar-refractivity contribution >= 4 is 75.0 Å². The first-order valence-electron chi connectivity index (χ1n) is 21.5. The molecule has 3 heterocycles. The number of benzene rings is 10. The Bertz CT molecular complexity index is 3960. The van der Waals surface area contributed by atoms with E-state index < -0.39 is 0 Å². The monoisotopic (exact) mass is 833 g/mol. The van der Waals surface area contributed by atoms with E-state index in [1.807, 2.05) is 0 Å². The van der Waals surface area contributed by atoms with Gasteiger partial charge in [0, 0.05) is 53.2 Å². The fourth-order valence-corrected chi connectivity index (χ4v) is 10.6. The second-order valence-corrected chi connectivity index (χ2v) is 17.4. The zero-order chi connectivity index (χ0) is 42.1. The van der Waals surface area contributed by atoms with E-state index in [1.54, 1.807) is 11.3 Å². The second kappa shape index (κ2) is 14.7. The van der Waals surface area contributed by atoms with E-state index in [9.17, 15) is 0 Å². The van der Waals surface area contributed by atoms with Crippen LogP contribution in [0.3, 0.4) is 0 Å². The van der Waals surface area contributed by atoms with Crippen LogP contribution in [0.15, 0.2) is 217 Å². The SMILES string of the molecule is c1ccc(-c2cccc(-c3ccc4oc5cc6ccccc6cc5c4c3-c3ccc(-c4nc(-c5ccc6ccccc6c5)nc(-c5cccc6c5sc5ccccc56)n4)cc3)c2)cc1. The fourth-order valence-electron chi connectivity index (χ4n) is 9.38. The fraction of sp³-hybridized carbons (Fsp3) is 0. The van der Waals surface area contributed by atoms with Crippen LogP contribution >= 0.6 is 11.3 Å². The number of aromatic nitrogens is 3. The first-order chi connectivity index (χ1) is 31.7. The number of furan rings is 1. The van der Waals surface area contributed by atoms with Gasteiger partial charge in [0.05, 0.1) is 0 Å². The van der Waals surface area contributed by atoms with Gasteiger partial charge in [-0.05, 0) is 91.8 Å². The predicted octanol–water partition coefficient (Wildman–Crippen LogP) is 16.4. The molecule has 0 saturated carbocycles. The number of nitrogens with zero attached hydrogens (tertiary/aromatic N) is 3. The zero-order valence-corrected chi connectivity index (χ0v) is 35.2. The van der Waals surface area contributed by atoms with Gasteiger partial charge < -0.3 is 4.42 Å². The van der Waals surface area contributed by atoms with Gasteiger partial charge in [0.2, 0.25) is 0 Å². The van der Waals surface area contributed by atoms with Gasteiger partial charge in [-0.1, -0.05) is 170 Å². The van der Waals surface area contributed by atoms with Gasteiger partial charge in [0.1, 0.15) is 11.2 Å². The summed E-state index contributed by atoms with van der Waals surface area (Å²) in [5.41, 5.74) is 11.4. The molecule has 0 amide bonds. The number of hydrogen-bond acceptors (Lipinski definition) is 5. The largest absolute Gasteiger partial charge is 0.456 e. The third kappa shape index (κ3) is 6.09. The molecule has 0 bridgehead atoms. The van der Waals surface area contributed by atoms with Gasteiger partial charge in [0.15, 0.2) is 17.5 Å². The van der Waals surface area contributed by atoms with E-state index in [2.05, 4.69) is 212 Å². The first kappa shape index (κ1) is 36.4. The lowest BCUT2D eigenvalue weighted by Crippen LogP contribution is -2.00. The summed E-state index contributed by atoms with van der Waals surface area (Å²) >= 11 is 1.78. The van der Waals surface area contributed by atoms with Crippen molar-refractivity contribution in [3.05, 3.63) is 212 Å². The van der Waals surface area contributed by atoms with Crippen LogP contribution in [0.1, 0.15) is 0 Å². The summed E-state index contributed by atoms with van der Waals surface area (Å²) in [6, 6.07) is 75.3. The number of thiophene rings is 1. The molecule has 298 valence electrons. The Hall–Kier alpha value is -8.25. The van der Waals surface area contributed by atoms with E-state index >= 15 is 0 Å². The summed E-state index contributed by atoms with van der Waals surface area (Å²) < 4.78 is 9.07. The highest BCUT2D eigenvalue weighted by molar-refractivity contribution is 7.26. The van der Waals surface area contributed by atoms with Crippen LogP contribution in [0.2, 0.25) is 0 Å². The molecule has 0 aliphatic rings. The smallest absolute Gasteiger partial charge is 0.165 e. The summed E-state index contributed by atoms with van der Waals surface area (Å²) in [5.74, 6) is 1.90. The Labute approximate surface area is 372 Å². The third-order valence-corrected chi connectivity index (χ3v) is 13.7. The lowest BCUT2D eigenvalue weighted by molar-refractivity contribution is 0.669. The summed E-state index contributed by atoms with van der Waals surface area (Å²) in [4.78, 5) is 15.7. The minimum Gasteiger partial charge on any atom is -0.456 e.